The van der Waals surface area contributed by atoms with Gasteiger partial charge in [0.15, 0.2) is 0 Å². The molecule has 2 aliphatic rings. The van der Waals surface area contributed by atoms with Gasteiger partial charge in [-0.3, -0.25) is 18.2 Å². The van der Waals surface area contributed by atoms with Gasteiger partial charge < -0.3 is 9.97 Å². The standard InChI is InChI=1S/C20H14N4.4C6H5O3S.Ni/c1-2-14-10-16-5-6-18(23-16)12-20-8-7-19(24-20)11-17-4-3-15(22-17)9-13(1)21-14;4*7-10(8,9)6-4-2-1-3-5-6;/h1-12,21-22H;4*1-2,4-5H,(H,7,8,9);/q;4*-1;. The Kier molecular flexibility index (Phi) is 18.1. The number of aromatic amines is 2. The van der Waals surface area contributed by atoms with Crippen LogP contribution in [0.15, 0.2) is 165 Å². The van der Waals surface area contributed by atoms with E-state index in [0.717, 1.165) is 44.8 Å². The zero-order chi connectivity index (χ0) is 46.4. The molecule has 2 aliphatic heterocycles. The zero-order valence-corrected chi connectivity index (χ0v) is 37.3. The fourth-order valence-electron chi connectivity index (χ4n) is 5.09. The zero-order valence-electron chi connectivity index (χ0n) is 33.1. The molecule has 0 saturated heterocycles. The molecule has 9 rings (SSSR count). The molecule has 0 fully saturated rings. The molecule has 8 bridgehead atoms. The molecule has 5 heterocycles. The molecule has 0 amide bonds. The topological polar surface area (TPSA) is 275 Å². The van der Waals surface area contributed by atoms with Crippen molar-refractivity contribution in [2.24, 2.45) is 0 Å². The van der Waals surface area contributed by atoms with Crippen molar-refractivity contribution in [3.05, 3.63) is 193 Å². The number of H-pyrrole nitrogens is 2. The third-order valence-corrected chi connectivity index (χ3v) is 11.3. The van der Waals surface area contributed by atoms with Gasteiger partial charge in [-0.1, -0.05) is 0 Å². The predicted octanol–water partition coefficient (Wildman–Crippen LogP) is 7.59. The molecule has 0 aliphatic carbocycles. The number of fused-ring (bicyclic) bond motifs is 8. The van der Waals surface area contributed by atoms with Crippen LogP contribution < -0.4 is 0 Å². The van der Waals surface area contributed by atoms with E-state index in [9.17, 15) is 33.7 Å². The van der Waals surface area contributed by atoms with E-state index >= 15 is 0 Å². The van der Waals surface area contributed by atoms with Gasteiger partial charge in [-0.25, -0.2) is 43.6 Å². The van der Waals surface area contributed by atoms with Gasteiger partial charge in [-0.05, 0) is 92.4 Å². The summed E-state index contributed by atoms with van der Waals surface area (Å²) in [4.78, 5) is 15.5. The number of nitrogens with zero attached hydrogens (tertiary/aromatic N) is 2. The Balaban J connectivity index is 0.000000192. The molecule has 0 unspecified atom stereocenters. The average Bonchev–Trinajstić information content (AvgIpc) is 4.10. The minimum absolute atomic E-state index is 0. The van der Waals surface area contributed by atoms with Gasteiger partial charge in [0.25, 0.3) is 0 Å². The summed E-state index contributed by atoms with van der Waals surface area (Å²) >= 11 is 0. The minimum atomic E-state index is -4.03. The SMILES string of the molecule is C1=Cc2cc3ccc(cc4ccc(cc5nc(cc1n2)C=C5)[nH]4)[nH]3.O=S(=O)(O)c1c[c-]ccc1.O=S(=O)(O)c1c[c-]ccc1.O=S(=O)(O)c1c[c-]ccc1.O=S(=O)(O)c1c[c-]ccc1.[Ni]. The Labute approximate surface area is 385 Å². The van der Waals surface area contributed by atoms with Crippen molar-refractivity contribution in [2.75, 3.05) is 0 Å². The second-order valence-electron chi connectivity index (χ2n) is 12.8. The smallest absolute Gasteiger partial charge is 0.246 e. The fraction of sp³-hybridized carbons (Fsp3) is 0. The fourth-order valence-corrected chi connectivity index (χ4v) is 6.96. The van der Waals surface area contributed by atoms with E-state index in [0.29, 0.717) is 0 Å². The summed E-state index contributed by atoms with van der Waals surface area (Å²) in [5.41, 5.74) is 7.86. The van der Waals surface area contributed by atoms with Gasteiger partial charge in [0.05, 0.1) is 22.8 Å². The molecular formula is C44H34N4NiO12S4-4. The van der Waals surface area contributed by atoms with E-state index in [4.69, 9.17) is 18.2 Å². The molecular weight excluding hydrogens is 963 g/mol. The van der Waals surface area contributed by atoms with E-state index in [1.54, 1.807) is 24.3 Å². The summed E-state index contributed by atoms with van der Waals surface area (Å²) in [6, 6.07) is 48.7. The van der Waals surface area contributed by atoms with E-state index in [2.05, 4.69) is 74.5 Å². The third kappa shape index (κ3) is 17.3. The van der Waals surface area contributed by atoms with Crippen LogP contribution in [0, 0.1) is 24.3 Å². The summed E-state index contributed by atoms with van der Waals surface area (Å²) in [5.74, 6) is 0. The number of hydrogen-bond acceptors (Lipinski definition) is 10. The number of rotatable bonds is 4. The molecule has 0 saturated carbocycles. The predicted molar refractivity (Wildman–Crippen MR) is 239 cm³/mol. The molecule has 7 aromatic rings. The van der Waals surface area contributed by atoms with Gasteiger partial charge >= 0.3 is 0 Å². The van der Waals surface area contributed by atoms with Gasteiger partial charge in [0.1, 0.15) is 0 Å². The normalized spacial score (nSPS) is 11.6. The molecule has 4 aromatic carbocycles. The van der Waals surface area contributed by atoms with Crippen molar-refractivity contribution < 1.29 is 68.4 Å². The molecule has 0 atom stereocenters. The number of aromatic nitrogens is 4. The molecule has 6 N–H and O–H groups in total. The molecule has 3 aromatic heterocycles. The Morgan fingerprint density at radius 3 is 0.831 bits per heavy atom. The van der Waals surface area contributed by atoms with Crippen molar-refractivity contribution in [1.82, 2.24) is 19.9 Å². The van der Waals surface area contributed by atoms with Gasteiger partial charge in [-0.15, -0.1) is 0 Å². The number of nitrogens with one attached hydrogen (secondary N) is 2. The van der Waals surface area contributed by atoms with Gasteiger partial charge in [0.2, 0.25) is 40.5 Å². The first-order valence-corrected chi connectivity index (χ1v) is 23.8. The molecule has 0 spiro atoms. The maximum absolute atomic E-state index is 10.4. The van der Waals surface area contributed by atoms with E-state index in [-0.39, 0.29) is 36.1 Å². The Morgan fingerprint density at radius 2 is 0.615 bits per heavy atom. The molecule has 0 radical (unpaired) electrons. The van der Waals surface area contributed by atoms with Crippen LogP contribution in [-0.4, -0.2) is 71.8 Å². The Hall–Kier alpha value is -6.39. The van der Waals surface area contributed by atoms with Crippen molar-refractivity contribution in [2.45, 2.75) is 19.6 Å². The maximum atomic E-state index is 10.4. The second-order valence-corrected chi connectivity index (χ2v) is 18.4. The summed E-state index contributed by atoms with van der Waals surface area (Å²) in [7, 11) is -16.1. The van der Waals surface area contributed by atoms with Crippen LogP contribution in [0.4, 0.5) is 0 Å². The van der Waals surface area contributed by atoms with Gasteiger partial charge in [0, 0.05) is 38.6 Å². The van der Waals surface area contributed by atoms with Crippen LogP contribution in [0.2, 0.25) is 0 Å². The summed E-state index contributed by atoms with van der Waals surface area (Å²) in [6.07, 6.45) is 8.05. The molecule has 21 heteroatoms. The molecule has 340 valence electrons. The van der Waals surface area contributed by atoms with Crippen molar-refractivity contribution >= 4 is 86.8 Å². The van der Waals surface area contributed by atoms with E-state index in [1.807, 2.05) is 42.5 Å². The van der Waals surface area contributed by atoms with Crippen LogP contribution in [-0.2, 0) is 57.0 Å². The van der Waals surface area contributed by atoms with Crippen molar-refractivity contribution in [1.29, 1.82) is 0 Å². The largest absolute Gasteiger partial charge is 0.355 e. The minimum Gasteiger partial charge on any atom is -0.355 e. The van der Waals surface area contributed by atoms with Crippen molar-refractivity contribution in [3.63, 3.8) is 0 Å². The number of benzene rings is 4. The first-order chi connectivity index (χ1) is 30.2. The first-order valence-electron chi connectivity index (χ1n) is 18.0. The Morgan fingerprint density at radius 1 is 0.369 bits per heavy atom. The number of hydrogen-bond donors (Lipinski definition) is 6. The van der Waals surface area contributed by atoms with Crippen LogP contribution in [0.3, 0.4) is 0 Å². The quantitative estimate of drug-likeness (QED) is 0.0563. The van der Waals surface area contributed by atoms with Crippen LogP contribution in [0.1, 0.15) is 22.8 Å². The van der Waals surface area contributed by atoms with E-state index < -0.39 is 40.5 Å². The Bertz CT molecular complexity index is 3010. The second kappa shape index (κ2) is 23.0. The third-order valence-electron chi connectivity index (χ3n) is 7.95. The summed E-state index contributed by atoms with van der Waals surface area (Å²) in [5, 5.41) is 0. The summed E-state index contributed by atoms with van der Waals surface area (Å²) in [6.45, 7) is 0. The van der Waals surface area contributed by atoms with Crippen LogP contribution in [0.5, 0.6) is 0 Å². The maximum Gasteiger partial charge on any atom is 0.246 e. The average molecular weight is 998 g/mol. The van der Waals surface area contributed by atoms with Crippen LogP contribution >= 0.6 is 0 Å². The van der Waals surface area contributed by atoms with Crippen LogP contribution in [0.25, 0.3) is 46.4 Å². The van der Waals surface area contributed by atoms with Gasteiger partial charge in [-0.2, -0.15) is 121 Å². The monoisotopic (exact) mass is 996 g/mol. The molecule has 16 nitrogen and oxygen atoms in total. The van der Waals surface area contributed by atoms with E-state index in [1.165, 1.54) is 72.8 Å². The van der Waals surface area contributed by atoms with Crippen molar-refractivity contribution in [3.8, 4) is 0 Å². The molecule has 65 heavy (non-hydrogen) atoms. The summed E-state index contributed by atoms with van der Waals surface area (Å²) < 4.78 is 117. The first kappa shape index (κ1) is 51.3.